The molecule has 2 aromatic heterocycles. The fourth-order valence-corrected chi connectivity index (χ4v) is 8.82. The molecular weight excluding hydrogens is 588 g/mol. The Morgan fingerprint density at radius 1 is 1.23 bits per heavy atom. The zero-order chi connectivity index (χ0) is 29.9. The smallest absolute Gasteiger partial charge is 0.319 e. The fourth-order valence-electron chi connectivity index (χ4n) is 8.49. The van der Waals surface area contributed by atoms with E-state index in [4.69, 9.17) is 26.1 Å². The maximum Gasteiger partial charge on any atom is 0.319 e. The van der Waals surface area contributed by atoms with Gasteiger partial charge in [0.15, 0.2) is 11.6 Å². The van der Waals surface area contributed by atoms with Gasteiger partial charge in [0.25, 0.3) is 0 Å². The number of piperazine rings is 1. The van der Waals surface area contributed by atoms with E-state index in [9.17, 15) is 0 Å². The van der Waals surface area contributed by atoms with Crippen LogP contribution in [0.4, 0.5) is 14.6 Å². The summed E-state index contributed by atoms with van der Waals surface area (Å²) in [7, 11) is 1.69. The number of aryl methyl sites for hydroxylation is 1. The molecule has 5 aliphatic rings. The molecule has 9 rings (SSSR count). The van der Waals surface area contributed by atoms with Crippen molar-refractivity contribution in [1.29, 1.82) is 0 Å². The van der Waals surface area contributed by atoms with Crippen LogP contribution in [0.3, 0.4) is 0 Å². The predicted octanol–water partition coefficient (Wildman–Crippen LogP) is 4.99. The molecule has 2 bridgehead atoms. The summed E-state index contributed by atoms with van der Waals surface area (Å²) in [5, 5.41) is 9.03. The first-order valence-corrected chi connectivity index (χ1v) is 15.7. The van der Waals surface area contributed by atoms with Gasteiger partial charge in [0.1, 0.15) is 30.4 Å². The topological polar surface area (TPSA) is 80.6 Å². The van der Waals surface area contributed by atoms with Gasteiger partial charge in [-0.3, -0.25) is 9.58 Å². The van der Waals surface area contributed by atoms with Crippen LogP contribution in [0, 0.1) is 11.6 Å². The molecule has 0 radical (unpaired) electrons. The summed E-state index contributed by atoms with van der Waals surface area (Å²) in [6.45, 7) is 7.48. The Bertz CT molecular complexity index is 1900. The summed E-state index contributed by atoms with van der Waals surface area (Å²) in [4.78, 5) is 14.3. The van der Waals surface area contributed by atoms with Crippen molar-refractivity contribution in [2.75, 3.05) is 37.7 Å². The van der Waals surface area contributed by atoms with Crippen molar-refractivity contribution in [2.45, 2.75) is 55.8 Å². The van der Waals surface area contributed by atoms with E-state index in [2.05, 4.69) is 31.8 Å². The van der Waals surface area contributed by atoms with Crippen LogP contribution in [0.2, 0.25) is 5.02 Å². The first kappa shape index (κ1) is 26.8. The summed E-state index contributed by atoms with van der Waals surface area (Å²) in [6.07, 6.45) is 6.62. The Morgan fingerprint density at radius 3 is 3.00 bits per heavy atom. The standard InChI is InChI=1S/C32H32ClF2N7O2/c1-16-10-32(8-3-9-41(32)12-16)15-44-31-38-27-24-29(43-14-21-20-7-5-18(37-20)13-42(21)30(24)39-31)25(33)23(26(27)35)22-19(34)6-4-17-11-36-40(2)28(17)22/h4,6,11,18,20-21,37H,1,3,5,7-10,12-15H2,2H3/t18-,20+,21-,32+/m1/s1. The van der Waals surface area contributed by atoms with E-state index < -0.39 is 11.6 Å². The highest BCUT2D eigenvalue weighted by atomic mass is 35.5. The van der Waals surface area contributed by atoms with E-state index in [-0.39, 0.29) is 51.0 Å². The average Bonchev–Trinajstić information content (AvgIpc) is 3.73. The molecule has 0 saturated carbocycles. The second kappa shape index (κ2) is 9.48. The molecule has 4 fully saturated rings. The van der Waals surface area contributed by atoms with Gasteiger partial charge < -0.3 is 19.7 Å². The number of halogens is 3. The Labute approximate surface area is 257 Å². The minimum absolute atomic E-state index is 0.00103. The Morgan fingerprint density at radius 2 is 2.11 bits per heavy atom. The van der Waals surface area contributed by atoms with Gasteiger partial charge in [-0.1, -0.05) is 23.8 Å². The number of hydrogen-bond acceptors (Lipinski definition) is 8. The maximum absolute atomic E-state index is 17.1. The molecule has 228 valence electrons. The van der Waals surface area contributed by atoms with Crippen LogP contribution in [0.5, 0.6) is 11.8 Å². The minimum Gasteiger partial charge on any atom is -0.489 e. The van der Waals surface area contributed by atoms with Crippen LogP contribution < -0.4 is 19.7 Å². The number of aromatic nitrogens is 4. The van der Waals surface area contributed by atoms with Crippen LogP contribution in [-0.4, -0.2) is 81.2 Å². The molecule has 5 aliphatic heterocycles. The minimum atomic E-state index is -0.745. The summed E-state index contributed by atoms with van der Waals surface area (Å²) in [6, 6.07) is 3.46. The third-order valence-corrected chi connectivity index (χ3v) is 10.8. The molecule has 0 amide bonds. The Kier molecular flexibility index (Phi) is 5.78. The molecule has 9 nitrogen and oxygen atoms in total. The number of rotatable bonds is 4. The fraction of sp³-hybridized carbons (Fsp3) is 0.469. The number of fused-ring (bicyclic) bond motifs is 7. The first-order valence-electron chi connectivity index (χ1n) is 15.3. The third-order valence-electron chi connectivity index (χ3n) is 10.5. The Hall–Kier alpha value is -3.54. The molecule has 0 unspecified atom stereocenters. The Balaban J connectivity index is 1.26. The molecule has 44 heavy (non-hydrogen) atoms. The lowest BCUT2D eigenvalue weighted by Crippen LogP contribution is -2.60. The molecule has 0 aliphatic carbocycles. The molecule has 0 spiro atoms. The van der Waals surface area contributed by atoms with Crippen molar-refractivity contribution in [3.63, 3.8) is 0 Å². The number of hydrogen-bond donors (Lipinski definition) is 1. The van der Waals surface area contributed by atoms with E-state index >= 15 is 8.78 Å². The number of ether oxygens (including phenoxy) is 2. The lowest BCUT2D eigenvalue weighted by Gasteiger charge is -2.40. The highest BCUT2D eigenvalue weighted by molar-refractivity contribution is 6.37. The first-order chi connectivity index (χ1) is 21.3. The van der Waals surface area contributed by atoms with Crippen LogP contribution in [0.25, 0.3) is 32.9 Å². The third kappa shape index (κ3) is 3.72. The second-order valence-corrected chi connectivity index (χ2v) is 13.4. The van der Waals surface area contributed by atoms with Gasteiger partial charge >= 0.3 is 6.01 Å². The largest absolute Gasteiger partial charge is 0.489 e. The molecule has 1 N–H and O–H groups in total. The lowest BCUT2D eigenvalue weighted by atomic mass is 9.94. The van der Waals surface area contributed by atoms with Crippen molar-refractivity contribution >= 4 is 39.2 Å². The molecule has 4 aromatic rings. The molecule has 4 saturated heterocycles. The summed E-state index contributed by atoms with van der Waals surface area (Å²) >= 11 is 7.04. The predicted molar refractivity (Wildman–Crippen MR) is 164 cm³/mol. The number of anilines is 1. The summed E-state index contributed by atoms with van der Waals surface area (Å²) in [5.74, 6) is -0.557. The highest BCUT2D eigenvalue weighted by Crippen LogP contribution is 2.51. The van der Waals surface area contributed by atoms with E-state index in [1.165, 1.54) is 16.3 Å². The van der Waals surface area contributed by atoms with Crippen LogP contribution >= 0.6 is 11.6 Å². The molecule has 12 heteroatoms. The molecular formula is C32H32ClF2N7O2. The lowest BCUT2D eigenvalue weighted by molar-refractivity contribution is 0.108. The van der Waals surface area contributed by atoms with Crippen molar-refractivity contribution in [1.82, 2.24) is 30.0 Å². The van der Waals surface area contributed by atoms with Crippen LogP contribution in [-0.2, 0) is 7.05 Å². The SMILES string of the molecule is C=C1CN2CCC[C@@]2(COc2nc3c4c(c(Cl)c(-c5c(F)ccc6cnn(C)c56)c(F)c4n2)OC[C@@H]2[C@@H]4CC[C@H](CN32)N4)C1. The number of nitrogens with zero attached hydrogens (tertiary/aromatic N) is 6. The molecule has 2 aromatic carbocycles. The van der Waals surface area contributed by atoms with Crippen molar-refractivity contribution in [3.8, 4) is 22.9 Å². The van der Waals surface area contributed by atoms with Gasteiger partial charge in [-0.05, 0) is 50.8 Å². The zero-order valence-electron chi connectivity index (χ0n) is 24.4. The molecule has 7 heterocycles. The molecule has 4 atom stereocenters. The van der Waals surface area contributed by atoms with Gasteiger partial charge in [-0.2, -0.15) is 15.1 Å². The van der Waals surface area contributed by atoms with Gasteiger partial charge in [0.05, 0.1) is 33.7 Å². The number of benzene rings is 2. The van der Waals surface area contributed by atoms with Gasteiger partial charge in [0.2, 0.25) is 0 Å². The van der Waals surface area contributed by atoms with Crippen LogP contribution in [0.15, 0.2) is 30.5 Å². The van der Waals surface area contributed by atoms with E-state index in [0.29, 0.717) is 47.9 Å². The van der Waals surface area contributed by atoms with Gasteiger partial charge in [-0.25, -0.2) is 8.78 Å². The summed E-state index contributed by atoms with van der Waals surface area (Å²) in [5.41, 5.74) is 1.37. The van der Waals surface area contributed by atoms with Crippen LogP contribution in [0.1, 0.15) is 32.1 Å². The second-order valence-electron chi connectivity index (χ2n) is 13.1. The van der Waals surface area contributed by atoms with E-state index in [1.54, 1.807) is 19.3 Å². The quantitative estimate of drug-likeness (QED) is 0.320. The van der Waals surface area contributed by atoms with Crippen molar-refractivity contribution in [3.05, 3.63) is 47.1 Å². The maximum atomic E-state index is 17.1. The van der Waals surface area contributed by atoms with Gasteiger partial charge in [0, 0.05) is 48.7 Å². The van der Waals surface area contributed by atoms with Crippen molar-refractivity contribution in [2.24, 2.45) is 7.05 Å². The number of nitrogens with one attached hydrogen (secondary N) is 1. The van der Waals surface area contributed by atoms with E-state index in [1.807, 2.05) is 0 Å². The monoisotopic (exact) mass is 619 g/mol. The van der Waals surface area contributed by atoms with E-state index in [0.717, 1.165) is 45.2 Å². The summed E-state index contributed by atoms with van der Waals surface area (Å²) < 4.78 is 47.1. The highest BCUT2D eigenvalue weighted by Gasteiger charge is 2.47. The van der Waals surface area contributed by atoms with Gasteiger partial charge in [-0.15, -0.1) is 0 Å². The van der Waals surface area contributed by atoms with Crippen molar-refractivity contribution < 1.29 is 18.3 Å². The zero-order valence-corrected chi connectivity index (χ0v) is 25.1. The normalized spacial score (nSPS) is 27.6. The average molecular weight is 620 g/mol.